The summed E-state index contributed by atoms with van der Waals surface area (Å²) >= 11 is 0. The van der Waals surface area contributed by atoms with Crippen molar-refractivity contribution >= 4 is 11.9 Å². The first kappa shape index (κ1) is 32.3. The quantitative estimate of drug-likeness (QED) is 0.468. The lowest BCUT2D eigenvalue weighted by atomic mass is 9.95. The fraction of sp³-hybridized carbons (Fsp3) is 0.692. The Bertz CT molecular complexity index is 603. The van der Waals surface area contributed by atoms with Crippen LogP contribution in [0.4, 0.5) is 0 Å². The van der Waals surface area contributed by atoms with Crippen LogP contribution in [0.15, 0.2) is 30.3 Å². The van der Waals surface area contributed by atoms with Crippen molar-refractivity contribution in [2.75, 3.05) is 35.4 Å². The molecule has 0 fully saturated rings. The smallest absolute Gasteiger partial charge is 0.305 e. The van der Waals surface area contributed by atoms with E-state index in [1.165, 1.54) is 19.8 Å². The van der Waals surface area contributed by atoms with Crippen molar-refractivity contribution in [3.8, 4) is 0 Å². The Morgan fingerprint density at radius 1 is 0.781 bits per heavy atom. The molecule has 1 aromatic rings. The molecule has 4 unspecified atom stereocenters. The van der Waals surface area contributed by atoms with Gasteiger partial charge in [0.1, 0.15) is 0 Å². The second-order valence-corrected chi connectivity index (χ2v) is 8.75. The summed E-state index contributed by atoms with van der Waals surface area (Å²) in [4.78, 5) is 23.7. The van der Waals surface area contributed by atoms with E-state index < -0.39 is 0 Å². The molecule has 0 radical (unpaired) electrons. The molecule has 0 amide bonds. The Hall–Kier alpha value is -1.92. The number of esters is 2. The third-order valence-corrected chi connectivity index (χ3v) is 5.80. The maximum Gasteiger partial charge on any atom is 0.305 e. The van der Waals surface area contributed by atoms with Gasteiger partial charge in [-0.2, -0.15) is 0 Å². The number of hydrogen-bond donors (Lipinski definition) is 0. The van der Waals surface area contributed by atoms with Crippen molar-refractivity contribution in [1.29, 1.82) is 0 Å². The van der Waals surface area contributed by atoms with E-state index in [2.05, 4.69) is 80.4 Å². The second kappa shape index (κ2) is 18.6. The number of benzene rings is 1. The molecule has 0 aliphatic heterocycles. The first-order valence-electron chi connectivity index (χ1n) is 11.3. The van der Waals surface area contributed by atoms with Crippen molar-refractivity contribution in [3.63, 3.8) is 0 Å². The fourth-order valence-electron chi connectivity index (χ4n) is 2.36. The minimum Gasteiger partial charge on any atom is -0.469 e. The van der Waals surface area contributed by atoms with Crippen LogP contribution < -0.4 is 0 Å². The van der Waals surface area contributed by atoms with Gasteiger partial charge in [0.15, 0.2) is 0 Å². The molecule has 0 aromatic heterocycles. The van der Waals surface area contributed by atoms with Gasteiger partial charge in [-0.1, -0.05) is 58.0 Å². The predicted octanol–water partition coefficient (Wildman–Crippen LogP) is 5.37. The van der Waals surface area contributed by atoms with E-state index in [0.717, 1.165) is 0 Å². The first-order chi connectivity index (χ1) is 14.9. The zero-order chi connectivity index (χ0) is 25.3. The van der Waals surface area contributed by atoms with E-state index >= 15 is 0 Å². The standard InChI is InChI=1S/C10H15N.C8H16O3.C8H16O2/c1-9(11(2)3)10-7-5-4-6-8-10;1-6(7(2)10-3)5-8(9)11-4;1-6(2)7(3)5-8(9)10-4/h4-9H,1-3H3;6-7H,5H2,1-4H3;6-7H,5H2,1-4H3. The fourth-order valence-corrected chi connectivity index (χ4v) is 2.36. The van der Waals surface area contributed by atoms with Crippen molar-refractivity contribution < 1.29 is 23.8 Å². The van der Waals surface area contributed by atoms with E-state index in [9.17, 15) is 9.59 Å². The summed E-state index contributed by atoms with van der Waals surface area (Å²) < 4.78 is 14.1. The summed E-state index contributed by atoms with van der Waals surface area (Å²) in [6.45, 7) is 12.4. The van der Waals surface area contributed by atoms with Crippen LogP contribution in [0.2, 0.25) is 0 Å². The average Bonchev–Trinajstić information content (AvgIpc) is 2.78. The summed E-state index contributed by atoms with van der Waals surface area (Å²) in [6.07, 6.45) is 1.06. The highest BCUT2D eigenvalue weighted by Gasteiger charge is 2.15. The normalized spacial score (nSPS) is 14.2. The molecule has 6 nitrogen and oxygen atoms in total. The van der Waals surface area contributed by atoms with Gasteiger partial charge in [-0.3, -0.25) is 9.59 Å². The monoisotopic (exact) mass is 453 g/mol. The van der Waals surface area contributed by atoms with E-state index in [0.29, 0.717) is 30.7 Å². The lowest BCUT2D eigenvalue weighted by Crippen LogP contribution is -2.20. The van der Waals surface area contributed by atoms with E-state index in [-0.39, 0.29) is 24.0 Å². The highest BCUT2D eigenvalue weighted by molar-refractivity contribution is 5.69. The molecule has 32 heavy (non-hydrogen) atoms. The van der Waals surface area contributed by atoms with Gasteiger partial charge < -0.3 is 19.1 Å². The summed E-state index contributed by atoms with van der Waals surface area (Å²) in [6, 6.07) is 11.0. The molecule has 0 saturated carbocycles. The minimum absolute atomic E-state index is 0.106. The SMILES string of the molecule is CC(c1ccccc1)N(C)C.COC(=O)CC(C)C(C)C.COC(=O)CC(C)C(C)OC. The molecule has 1 rings (SSSR count). The summed E-state index contributed by atoms with van der Waals surface area (Å²) in [5.74, 6) is 0.904. The third kappa shape index (κ3) is 15.8. The summed E-state index contributed by atoms with van der Waals surface area (Å²) in [7, 11) is 8.65. The number of carbonyl (C=O) groups excluding carboxylic acids is 2. The second-order valence-electron chi connectivity index (χ2n) is 8.75. The van der Waals surface area contributed by atoms with Crippen molar-refractivity contribution in [3.05, 3.63) is 35.9 Å². The highest BCUT2D eigenvalue weighted by Crippen LogP contribution is 2.16. The molecule has 0 bridgehead atoms. The number of rotatable bonds is 9. The van der Waals surface area contributed by atoms with Gasteiger partial charge in [0.25, 0.3) is 0 Å². The maximum atomic E-state index is 10.8. The molecule has 0 heterocycles. The number of carbonyl (C=O) groups is 2. The molecular formula is C26H47NO5. The van der Waals surface area contributed by atoms with Gasteiger partial charge in [-0.25, -0.2) is 0 Å². The molecule has 4 atom stereocenters. The van der Waals surface area contributed by atoms with Crippen LogP contribution in [0.1, 0.15) is 66.0 Å². The largest absolute Gasteiger partial charge is 0.469 e. The molecule has 186 valence electrons. The molecule has 0 N–H and O–H groups in total. The number of methoxy groups -OCH3 is 3. The summed E-state index contributed by atoms with van der Waals surface area (Å²) in [5, 5.41) is 0. The maximum absolute atomic E-state index is 10.8. The molecule has 6 heteroatoms. The third-order valence-electron chi connectivity index (χ3n) is 5.80. The Morgan fingerprint density at radius 3 is 1.56 bits per heavy atom. The van der Waals surface area contributed by atoms with Crippen molar-refractivity contribution in [2.24, 2.45) is 17.8 Å². The van der Waals surface area contributed by atoms with Crippen LogP contribution in [-0.4, -0.2) is 58.4 Å². The van der Waals surface area contributed by atoms with Gasteiger partial charge in [0.2, 0.25) is 0 Å². The van der Waals surface area contributed by atoms with Gasteiger partial charge in [0.05, 0.1) is 26.7 Å². The first-order valence-corrected chi connectivity index (χ1v) is 11.3. The van der Waals surface area contributed by atoms with Crippen LogP contribution in [0.25, 0.3) is 0 Å². The lowest BCUT2D eigenvalue weighted by molar-refractivity contribution is -0.143. The molecule has 1 aromatic carbocycles. The Morgan fingerprint density at radius 2 is 1.22 bits per heavy atom. The molecule has 0 aliphatic rings. The molecule has 0 spiro atoms. The van der Waals surface area contributed by atoms with E-state index in [1.807, 2.05) is 19.9 Å². The lowest BCUT2D eigenvalue weighted by Gasteiger charge is -2.19. The van der Waals surface area contributed by atoms with Gasteiger partial charge >= 0.3 is 11.9 Å². The van der Waals surface area contributed by atoms with E-state index in [1.54, 1.807) is 7.11 Å². The van der Waals surface area contributed by atoms with Crippen LogP contribution in [0.3, 0.4) is 0 Å². The Kier molecular flexibility index (Phi) is 18.8. The minimum atomic E-state index is -0.179. The van der Waals surface area contributed by atoms with Crippen molar-refractivity contribution in [2.45, 2.75) is 66.5 Å². The average molecular weight is 454 g/mol. The topological polar surface area (TPSA) is 65.1 Å². The summed E-state index contributed by atoms with van der Waals surface area (Å²) in [5.41, 5.74) is 1.37. The van der Waals surface area contributed by atoms with Gasteiger partial charge in [-0.05, 0) is 51.3 Å². The number of nitrogens with zero attached hydrogens (tertiary/aromatic N) is 1. The van der Waals surface area contributed by atoms with Gasteiger partial charge in [-0.15, -0.1) is 0 Å². The van der Waals surface area contributed by atoms with Crippen LogP contribution in [0, 0.1) is 17.8 Å². The Balaban J connectivity index is 0. The Labute approximate surface area is 196 Å². The van der Waals surface area contributed by atoms with E-state index in [4.69, 9.17) is 4.74 Å². The highest BCUT2D eigenvalue weighted by atomic mass is 16.5. The zero-order valence-corrected chi connectivity index (χ0v) is 22.2. The van der Waals surface area contributed by atoms with Crippen LogP contribution in [0.5, 0.6) is 0 Å². The molecular weight excluding hydrogens is 406 g/mol. The predicted molar refractivity (Wildman–Crippen MR) is 131 cm³/mol. The van der Waals surface area contributed by atoms with Gasteiger partial charge in [0, 0.05) is 19.6 Å². The van der Waals surface area contributed by atoms with Crippen LogP contribution >= 0.6 is 0 Å². The number of ether oxygens (including phenoxy) is 3. The van der Waals surface area contributed by atoms with Crippen LogP contribution in [-0.2, 0) is 23.8 Å². The zero-order valence-electron chi connectivity index (χ0n) is 22.2. The van der Waals surface area contributed by atoms with Crippen molar-refractivity contribution in [1.82, 2.24) is 4.90 Å². The number of hydrogen-bond acceptors (Lipinski definition) is 6. The molecule has 0 aliphatic carbocycles. The molecule has 0 saturated heterocycles.